The van der Waals surface area contributed by atoms with Crippen molar-refractivity contribution in [2.75, 3.05) is 5.32 Å². The number of benzene rings is 1. The predicted octanol–water partition coefficient (Wildman–Crippen LogP) is 3.20. The monoisotopic (exact) mass is 406 g/mol. The Hall–Kier alpha value is -3.73. The summed E-state index contributed by atoms with van der Waals surface area (Å²) in [4.78, 5) is 25.6. The summed E-state index contributed by atoms with van der Waals surface area (Å²) in [6, 6.07) is 4.64. The first-order chi connectivity index (χ1) is 13.4. The number of rotatable bonds is 3. The number of amides is 2. The van der Waals surface area contributed by atoms with E-state index in [2.05, 4.69) is 25.6 Å². The number of nitrogens with zero attached hydrogens (tertiary/aromatic N) is 3. The molecule has 0 fully saturated rings. The normalized spacial score (nSPS) is 11.1. The minimum Gasteiger partial charge on any atom is -0.365 e. The van der Waals surface area contributed by atoms with Gasteiger partial charge < -0.3 is 5.73 Å². The number of nitrogens with two attached hydrogens (primary N) is 1. The zero-order chi connectivity index (χ0) is 20.0. The number of aromatic nitrogens is 4. The minimum atomic E-state index is -1.32. The Morgan fingerprint density at radius 3 is 2.86 bits per heavy atom. The number of nitrogens with one attached hydrogen (secondary N) is 2. The highest BCUT2D eigenvalue weighted by Gasteiger charge is 2.24. The van der Waals surface area contributed by atoms with Gasteiger partial charge in [-0.15, -0.1) is 5.10 Å². The number of halogens is 3. The Morgan fingerprint density at radius 2 is 2.14 bits per heavy atom. The molecule has 3 aromatic heterocycles. The van der Waals surface area contributed by atoms with Gasteiger partial charge in [0.15, 0.2) is 11.6 Å². The van der Waals surface area contributed by atoms with Crippen LogP contribution in [0.1, 0.15) is 10.4 Å². The van der Waals surface area contributed by atoms with Crippen LogP contribution >= 0.6 is 11.6 Å². The first-order valence-electron chi connectivity index (χ1n) is 7.64. The second-order valence-electron chi connectivity index (χ2n) is 5.70. The summed E-state index contributed by atoms with van der Waals surface area (Å²) in [5.41, 5.74) is 6.24. The Bertz CT molecular complexity index is 1270. The van der Waals surface area contributed by atoms with E-state index in [1.54, 1.807) is 12.1 Å². The van der Waals surface area contributed by atoms with Crippen molar-refractivity contribution in [1.29, 1.82) is 0 Å². The molecule has 0 aliphatic rings. The zero-order valence-electron chi connectivity index (χ0n) is 13.7. The van der Waals surface area contributed by atoms with Crippen molar-refractivity contribution < 1.29 is 23.4 Å². The van der Waals surface area contributed by atoms with Crippen LogP contribution in [0.25, 0.3) is 27.5 Å². The van der Waals surface area contributed by atoms with Gasteiger partial charge in [0.25, 0.3) is 5.91 Å². The summed E-state index contributed by atoms with van der Waals surface area (Å²) in [7, 11) is 0. The van der Waals surface area contributed by atoms with Gasteiger partial charge in [-0.2, -0.15) is 5.10 Å². The van der Waals surface area contributed by atoms with Crippen LogP contribution in [0, 0.1) is 5.82 Å². The van der Waals surface area contributed by atoms with Gasteiger partial charge in [0.2, 0.25) is 0 Å². The summed E-state index contributed by atoms with van der Waals surface area (Å²) >= 11 is 6.19. The first kappa shape index (κ1) is 17.7. The summed E-state index contributed by atoms with van der Waals surface area (Å²) < 4.78 is 28.0. The molecule has 0 bridgehead atoms. The molecule has 4 aromatic rings. The van der Waals surface area contributed by atoms with Crippen LogP contribution in [0.4, 0.5) is 19.5 Å². The van der Waals surface area contributed by atoms with E-state index >= 15 is 0 Å². The number of carbonyl (C=O) groups excluding carboxylic acids is 2. The minimum absolute atomic E-state index is 0.0367. The summed E-state index contributed by atoms with van der Waals surface area (Å²) in [6.45, 7) is 0. The van der Waals surface area contributed by atoms with Gasteiger partial charge >= 0.3 is 6.09 Å². The van der Waals surface area contributed by atoms with Gasteiger partial charge in [0, 0.05) is 27.7 Å². The van der Waals surface area contributed by atoms with Crippen molar-refractivity contribution in [3.63, 3.8) is 0 Å². The number of pyridine rings is 1. The van der Waals surface area contributed by atoms with E-state index in [0.29, 0.717) is 16.5 Å². The molecule has 1 aromatic carbocycles. The number of fused-ring (bicyclic) bond motifs is 2. The van der Waals surface area contributed by atoms with E-state index in [4.69, 9.17) is 17.3 Å². The maximum atomic E-state index is 14.7. The number of hydrogen-bond donors (Lipinski definition) is 3. The number of H-pyrrole nitrogens is 1. The van der Waals surface area contributed by atoms with Crippen molar-refractivity contribution in [2.45, 2.75) is 0 Å². The van der Waals surface area contributed by atoms with E-state index < -0.39 is 17.8 Å². The predicted molar refractivity (Wildman–Crippen MR) is 95.0 cm³/mol. The molecule has 28 heavy (non-hydrogen) atoms. The van der Waals surface area contributed by atoms with Crippen molar-refractivity contribution in [2.24, 2.45) is 5.73 Å². The van der Waals surface area contributed by atoms with E-state index in [1.807, 2.05) is 0 Å². The molecule has 142 valence electrons. The number of hydrogen-bond acceptors (Lipinski definition) is 5. The second-order valence-corrected chi connectivity index (χ2v) is 6.08. The molecule has 0 aliphatic carbocycles. The zero-order valence-corrected chi connectivity index (χ0v) is 14.4. The van der Waals surface area contributed by atoms with Crippen LogP contribution in [-0.2, 0) is 4.94 Å². The van der Waals surface area contributed by atoms with Gasteiger partial charge in [0.1, 0.15) is 5.56 Å². The van der Waals surface area contributed by atoms with Crippen molar-refractivity contribution in [3.05, 3.63) is 47.0 Å². The third-order valence-corrected chi connectivity index (χ3v) is 4.44. The van der Waals surface area contributed by atoms with E-state index in [1.165, 1.54) is 23.0 Å². The molecule has 0 spiro atoms. The Morgan fingerprint density at radius 1 is 1.36 bits per heavy atom. The largest absolute Gasteiger partial charge is 0.450 e. The number of aromatic amines is 1. The molecule has 0 saturated heterocycles. The Kier molecular flexibility index (Phi) is 4.08. The highest BCUT2D eigenvalue weighted by molar-refractivity contribution is 6.36. The molecule has 0 aliphatic heterocycles. The lowest BCUT2D eigenvalue weighted by Gasteiger charge is -2.11. The molecule has 0 radical (unpaired) electrons. The van der Waals surface area contributed by atoms with Gasteiger partial charge in [-0.25, -0.2) is 18.6 Å². The maximum absolute atomic E-state index is 14.7. The molecule has 12 heteroatoms. The smallest absolute Gasteiger partial charge is 0.365 e. The molecular weight excluding hydrogens is 398 g/mol. The molecule has 3 heterocycles. The highest BCUT2D eigenvalue weighted by Crippen LogP contribution is 2.39. The van der Waals surface area contributed by atoms with Crippen LogP contribution in [0.5, 0.6) is 0 Å². The lowest BCUT2D eigenvalue weighted by molar-refractivity contribution is -0.0544. The molecular formula is C16H9ClF2N6O3. The molecule has 4 N–H and O–H groups in total. The number of anilines is 1. The number of carbonyl (C=O) groups is 2. The summed E-state index contributed by atoms with van der Waals surface area (Å²) in [5, 5.41) is 12.6. The third kappa shape index (κ3) is 2.68. The average molecular weight is 407 g/mol. The summed E-state index contributed by atoms with van der Waals surface area (Å²) in [5.74, 6) is -1.92. The van der Waals surface area contributed by atoms with E-state index in [0.717, 1.165) is 0 Å². The standard InChI is InChI=1S/C16H9ClF2N6O3/c17-12-10(8-5-21-23-14(8)11(13(12)18)15(20)26)6-1-2-25-7(3-6)4-9(24-25)22-16(27)28-19/h1-5H,(H2,20,26)(H,21,23)(H,22,24,27). The van der Waals surface area contributed by atoms with Crippen molar-refractivity contribution in [3.8, 4) is 11.1 Å². The van der Waals surface area contributed by atoms with Gasteiger partial charge in [-0.3, -0.25) is 15.2 Å². The highest BCUT2D eigenvalue weighted by atomic mass is 35.5. The lowest BCUT2D eigenvalue weighted by atomic mass is 9.98. The van der Waals surface area contributed by atoms with Crippen molar-refractivity contribution >= 4 is 45.8 Å². The van der Waals surface area contributed by atoms with Gasteiger partial charge in [-0.1, -0.05) is 11.6 Å². The molecule has 0 saturated carbocycles. The number of primary amides is 1. The fraction of sp³-hybridized carbons (Fsp3) is 0. The second kappa shape index (κ2) is 6.46. The molecule has 0 unspecified atom stereocenters. The van der Waals surface area contributed by atoms with E-state index in [9.17, 15) is 18.5 Å². The summed E-state index contributed by atoms with van der Waals surface area (Å²) in [6.07, 6.45) is 1.60. The Balaban J connectivity index is 1.91. The molecule has 4 rings (SSSR count). The van der Waals surface area contributed by atoms with E-state index in [-0.39, 0.29) is 27.5 Å². The average Bonchev–Trinajstić information content (AvgIpc) is 3.28. The molecule has 9 nitrogen and oxygen atoms in total. The maximum Gasteiger partial charge on any atom is 0.450 e. The quantitative estimate of drug-likeness (QED) is 0.481. The van der Waals surface area contributed by atoms with Crippen LogP contribution < -0.4 is 11.1 Å². The van der Waals surface area contributed by atoms with Gasteiger partial charge in [0.05, 0.1) is 22.3 Å². The van der Waals surface area contributed by atoms with Crippen molar-refractivity contribution in [1.82, 2.24) is 19.8 Å². The van der Waals surface area contributed by atoms with Gasteiger partial charge in [-0.05, 0) is 17.7 Å². The van der Waals surface area contributed by atoms with Crippen LogP contribution in [-0.4, -0.2) is 31.8 Å². The third-order valence-electron chi connectivity index (χ3n) is 4.09. The lowest BCUT2D eigenvalue weighted by Crippen LogP contribution is -2.14. The fourth-order valence-corrected chi connectivity index (χ4v) is 3.27. The molecule has 0 atom stereocenters. The van der Waals surface area contributed by atoms with Crippen LogP contribution in [0.3, 0.4) is 0 Å². The first-order valence-corrected chi connectivity index (χ1v) is 8.01. The van der Waals surface area contributed by atoms with Crippen LogP contribution in [0.15, 0.2) is 30.6 Å². The van der Waals surface area contributed by atoms with Crippen LogP contribution in [0.2, 0.25) is 5.02 Å². The topological polar surface area (TPSA) is 127 Å². The Labute approximate surface area is 158 Å². The fourth-order valence-electron chi connectivity index (χ4n) is 2.96. The molecule has 2 amide bonds. The SMILES string of the molecule is NC(=O)c1c(F)c(Cl)c(-c2ccn3nc(NC(=O)OF)cc3c2)c2cn[nH]c12.